The molecule has 0 spiro atoms. The molecular formula is C17H22FN3O3. The maximum atomic E-state index is 13.0. The van der Waals surface area contributed by atoms with E-state index in [0.29, 0.717) is 26.1 Å². The molecule has 2 saturated heterocycles. The van der Waals surface area contributed by atoms with Crippen LogP contribution < -0.4 is 10.6 Å². The van der Waals surface area contributed by atoms with Crippen LogP contribution in [0.5, 0.6) is 0 Å². The average molecular weight is 335 g/mol. The number of amides is 3. The fourth-order valence-electron chi connectivity index (χ4n) is 3.25. The van der Waals surface area contributed by atoms with Crippen LogP contribution in [0.15, 0.2) is 24.3 Å². The molecule has 6 nitrogen and oxygen atoms in total. The molecule has 130 valence electrons. The zero-order valence-corrected chi connectivity index (χ0v) is 13.6. The van der Waals surface area contributed by atoms with Gasteiger partial charge in [0.2, 0.25) is 5.91 Å². The molecule has 0 radical (unpaired) electrons. The lowest BCUT2D eigenvalue weighted by atomic mass is 9.95. The summed E-state index contributed by atoms with van der Waals surface area (Å²) in [5.74, 6) is -0.210. The van der Waals surface area contributed by atoms with Crippen LogP contribution in [0.25, 0.3) is 0 Å². The first kappa shape index (κ1) is 16.7. The second-order valence-electron chi connectivity index (χ2n) is 6.35. The van der Waals surface area contributed by atoms with E-state index in [9.17, 15) is 14.0 Å². The lowest BCUT2D eigenvalue weighted by molar-refractivity contribution is -0.128. The summed E-state index contributed by atoms with van der Waals surface area (Å²) in [6, 6.07) is 5.47. The van der Waals surface area contributed by atoms with E-state index < -0.39 is 6.04 Å². The Bertz CT molecular complexity index is 608. The molecule has 2 fully saturated rings. The molecule has 3 rings (SSSR count). The van der Waals surface area contributed by atoms with Crippen LogP contribution in [0, 0.1) is 11.7 Å². The van der Waals surface area contributed by atoms with Crippen molar-refractivity contribution >= 4 is 11.9 Å². The molecule has 2 aliphatic rings. The first-order chi connectivity index (χ1) is 11.5. The van der Waals surface area contributed by atoms with Gasteiger partial charge in [-0.15, -0.1) is 0 Å². The molecule has 7 heteroatoms. The summed E-state index contributed by atoms with van der Waals surface area (Å²) in [6.45, 7) is 1.72. The van der Waals surface area contributed by atoms with Gasteiger partial charge in [0.15, 0.2) is 0 Å². The number of benzene rings is 1. The normalized spacial score (nSPS) is 26.7. The maximum absolute atomic E-state index is 13.0. The second kappa shape index (κ2) is 7.17. The van der Waals surface area contributed by atoms with Gasteiger partial charge in [0.1, 0.15) is 11.9 Å². The van der Waals surface area contributed by atoms with Crippen LogP contribution in [0.2, 0.25) is 0 Å². The number of hydrogen-bond acceptors (Lipinski definition) is 3. The number of nitrogens with one attached hydrogen (secondary N) is 2. The number of carbonyl (C=O) groups excluding carboxylic acids is 2. The van der Waals surface area contributed by atoms with Crippen molar-refractivity contribution in [3.05, 3.63) is 35.6 Å². The van der Waals surface area contributed by atoms with Gasteiger partial charge in [0, 0.05) is 32.7 Å². The second-order valence-corrected chi connectivity index (χ2v) is 6.35. The summed E-state index contributed by atoms with van der Waals surface area (Å²) in [5, 5.41) is 5.54. The number of likely N-dealkylation sites (N-methyl/N-ethyl adjacent to an activating group) is 1. The number of ether oxygens (including phenoxy) is 1. The van der Waals surface area contributed by atoms with Crippen molar-refractivity contribution in [3.63, 3.8) is 0 Å². The Kier molecular flexibility index (Phi) is 4.99. The van der Waals surface area contributed by atoms with Crippen molar-refractivity contribution in [1.29, 1.82) is 0 Å². The minimum atomic E-state index is -0.442. The minimum Gasteiger partial charge on any atom is -0.373 e. The van der Waals surface area contributed by atoms with E-state index in [0.717, 1.165) is 12.0 Å². The van der Waals surface area contributed by atoms with E-state index >= 15 is 0 Å². The third-order valence-electron chi connectivity index (χ3n) is 4.67. The zero-order chi connectivity index (χ0) is 17.1. The number of likely N-dealkylation sites (tertiary alicyclic amines) is 1. The highest BCUT2D eigenvalue weighted by atomic mass is 19.1. The summed E-state index contributed by atoms with van der Waals surface area (Å²) >= 11 is 0. The van der Waals surface area contributed by atoms with Gasteiger partial charge in [-0.05, 0) is 30.5 Å². The molecule has 1 aromatic rings. The van der Waals surface area contributed by atoms with E-state index in [1.807, 2.05) is 0 Å². The van der Waals surface area contributed by atoms with Gasteiger partial charge in [-0.25, -0.2) is 9.18 Å². The standard InChI is InChI=1S/C17H22FN3O3/c1-21-8-6-14(16(21)22)20-17(23)19-10-12-7-9-24-15(12)11-2-4-13(18)5-3-11/h2-5,12,14-15H,6-10H2,1H3,(H2,19,20,23)/t12-,14+,15-/m0/s1. The molecule has 3 amide bonds. The summed E-state index contributed by atoms with van der Waals surface area (Å²) in [5.41, 5.74) is 0.911. The number of hydrogen-bond donors (Lipinski definition) is 2. The third kappa shape index (κ3) is 3.67. The highest BCUT2D eigenvalue weighted by molar-refractivity contribution is 5.88. The smallest absolute Gasteiger partial charge is 0.315 e. The van der Waals surface area contributed by atoms with Crippen molar-refractivity contribution in [2.75, 3.05) is 26.7 Å². The largest absolute Gasteiger partial charge is 0.373 e. The summed E-state index contributed by atoms with van der Waals surface area (Å²) in [4.78, 5) is 25.4. The van der Waals surface area contributed by atoms with Crippen LogP contribution in [-0.2, 0) is 9.53 Å². The maximum Gasteiger partial charge on any atom is 0.315 e. The highest BCUT2D eigenvalue weighted by Gasteiger charge is 2.32. The van der Waals surface area contributed by atoms with Gasteiger partial charge in [-0.1, -0.05) is 12.1 Å². The summed E-state index contributed by atoms with van der Waals surface area (Å²) < 4.78 is 18.8. The lowest BCUT2D eigenvalue weighted by Gasteiger charge is -2.20. The van der Waals surface area contributed by atoms with Crippen LogP contribution in [-0.4, -0.2) is 49.6 Å². The van der Waals surface area contributed by atoms with Crippen LogP contribution >= 0.6 is 0 Å². The van der Waals surface area contributed by atoms with Crippen LogP contribution in [0.1, 0.15) is 24.5 Å². The Morgan fingerprint density at radius 3 is 2.75 bits per heavy atom. The fourth-order valence-corrected chi connectivity index (χ4v) is 3.25. The summed E-state index contributed by atoms with van der Waals surface area (Å²) in [6.07, 6.45) is 1.31. The molecule has 0 unspecified atom stereocenters. The molecule has 1 aromatic carbocycles. The van der Waals surface area contributed by atoms with Crippen molar-refractivity contribution in [1.82, 2.24) is 15.5 Å². The summed E-state index contributed by atoms with van der Waals surface area (Å²) in [7, 11) is 1.73. The number of halogens is 1. The van der Waals surface area contributed by atoms with Crippen molar-refractivity contribution < 1.29 is 18.7 Å². The molecular weight excluding hydrogens is 313 g/mol. The predicted molar refractivity (Wildman–Crippen MR) is 85.8 cm³/mol. The van der Waals surface area contributed by atoms with Gasteiger partial charge in [-0.3, -0.25) is 4.79 Å². The predicted octanol–water partition coefficient (Wildman–Crippen LogP) is 1.43. The molecule has 3 atom stereocenters. The average Bonchev–Trinajstić information content (AvgIpc) is 3.16. The van der Waals surface area contributed by atoms with Gasteiger partial charge in [-0.2, -0.15) is 0 Å². The van der Waals surface area contributed by atoms with Gasteiger partial charge in [0.05, 0.1) is 6.10 Å². The van der Waals surface area contributed by atoms with E-state index in [1.165, 1.54) is 12.1 Å². The number of rotatable bonds is 4. The Morgan fingerprint density at radius 2 is 2.08 bits per heavy atom. The number of urea groups is 1. The first-order valence-corrected chi connectivity index (χ1v) is 8.21. The zero-order valence-electron chi connectivity index (χ0n) is 13.6. The topological polar surface area (TPSA) is 70.7 Å². The number of nitrogens with zero attached hydrogens (tertiary/aromatic N) is 1. The van der Waals surface area contributed by atoms with E-state index in [-0.39, 0.29) is 29.8 Å². The molecule has 0 aromatic heterocycles. The van der Waals surface area contributed by atoms with Gasteiger partial charge < -0.3 is 20.3 Å². The van der Waals surface area contributed by atoms with Crippen LogP contribution in [0.3, 0.4) is 0 Å². The van der Waals surface area contributed by atoms with Crippen molar-refractivity contribution in [2.45, 2.75) is 25.0 Å². The molecule has 0 aliphatic carbocycles. The SMILES string of the molecule is CN1CC[C@@H](NC(=O)NC[C@@H]2CCO[C@H]2c2ccc(F)cc2)C1=O. The fraction of sp³-hybridized carbons (Fsp3) is 0.529. The van der Waals surface area contributed by atoms with Crippen LogP contribution in [0.4, 0.5) is 9.18 Å². The quantitative estimate of drug-likeness (QED) is 0.874. The lowest BCUT2D eigenvalue weighted by Crippen LogP contribution is -2.46. The van der Waals surface area contributed by atoms with E-state index in [1.54, 1.807) is 24.1 Å². The monoisotopic (exact) mass is 335 g/mol. The van der Waals surface area contributed by atoms with Gasteiger partial charge >= 0.3 is 6.03 Å². The first-order valence-electron chi connectivity index (χ1n) is 8.21. The Balaban J connectivity index is 1.51. The Labute approximate surface area is 140 Å². The minimum absolute atomic E-state index is 0.0569. The molecule has 2 aliphatic heterocycles. The highest BCUT2D eigenvalue weighted by Crippen LogP contribution is 2.34. The molecule has 0 saturated carbocycles. The third-order valence-corrected chi connectivity index (χ3v) is 4.67. The van der Waals surface area contributed by atoms with E-state index in [4.69, 9.17) is 4.74 Å². The molecule has 24 heavy (non-hydrogen) atoms. The van der Waals surface area contributed by atoms with Gasteiger partial charge in [0.25, 0.3) is 0 Å². The Morgan fingerprint density at radius 1 is 1.33 bits per heavy atom. The van der Waals surface area contributed by atoms with E-state index in [2.05, 4.69) is 10.6 Å². The van der Waals surface area contributed by atoms with Crippen molar-refractivity contribution in [3.8, 4) is 0 Å². The molecule has 0 bridgehead atoms. The molecule has 2 N–H and O–H groups in total. The Hall–Kier alpha value is -2.15. The van der Waals surface area contributed by atoms with Crippen molar-refractivity contribution in [2.24, 2.45) is 5.92 Å². The number of carbonyl (C=O) groups is 2. The molecule has 2 heterocycles.